The number of hydrogen-bond acceptors (Lipinski definition) is 4. The van der Waals surface area contributed by atoms with E-state index in [4.69, 9.17) is 4.74 Å². The number of nitrogens with one attached hydrogen (secondary N) is 1. The van der Waals surface area contributed by atoms with Crippen molar-refractivity contribution in [3.63, 3.8) is 0 Å². The van der Waals surface area contributed by atoms with Gasteiger partial charge in [-0.15, -0.1) is 11.3 Å². The molecule has 6 heteroatoms. The molecular weight excluding hydrogens is 320 g/mol. The molecule has 0 radical (unpaired) electrons. The van der Waals surface area contributed by atoms with E-state index in [1.54, 1.807) is 11.3 Å². The van der Waals surface area contributed by atoms with Crippen molar-refractivity contribution < 1.29 is 4.74 Å². The minimum absolute atomic E-state index is 0.0255. The summed E-state index contributed by atoms with van der Waals surface area (Å²) >= 11 is 1.69. The van der Waals surface area contributed by atoms with Gasteiger partial charge in [0.15, 0.2) is 5.96 Å². The molecule has 0 amide bonds. The zero-order chi connectivity index (χ0) is 17.4. The summed E-state index contributed by atoms with van der Waals surface area (Å²) in [6.45, 7) is 6.66. The number of rotatable bonds is 7. The maximum atomic E-state index is 6.27. The molecule has 0 aromatic carbocycles. The molecule has 1 aliphatic rings. The van der Waals surface area contributed by atoms with Crippen LogP contribution in [0.15, 0.2) is 10.4 Å². The fourth-order valence-corrected chi connectivity index (χ4v) is 3.91. The molecule has 0 spiro atoms. The smallest absolute Gasteiger partial charge is 0.193 e. The van der Waals surface area contributed by atoms with Crippen LogP contribution in [0.2, 0.25) is 0 Å². The number of aryl methyl sites for hydroxylation is 1. The normalized spacial score (nSPS) is 17.8. The van der Waals surface area contributed by atoms with Gasteiger partial charge in [-0.2, -0.15) is 0 Å². The van der Waals surface area contributed by atoms with Crippen molar-refractivity contribution in [2.45, 2.75) is 64.5 Å². The van der Waals surface area contributed by atoms with Crippen molar-refractivity contribution in [3.8, 4) is 0 Å². The van der Waals surface area contributed by atoms with Gasteiger partial charge in [-0.1, -0.05) is 26.2 Å². The van der Waals surface area contributed by atoms with Crippen LogP contribution in [0.4, 0.5) is 0 Å². The van der Waals surface area contributed by atoms with Gasteiger partial charge in [0, 0.05) is 32.6 Å². The van der Waals surface area contributed by atoms with Crippen molar-refractivity contribution >= 4 is 17.3 Å². The summed E-state index contributed by atoms with van der Waals surface area (Å²) in [5.41, 5.74) is 1.07. The molecule has 1 fully saturated rings. The van der Waals surface area contributed by atoms with Gasteiger partial charge in [0.25, 0.3) is 0 Å². The number of aromatic nitrogens is 1. The van der Waals surface area contributed by atoms with Crippen LogP contribution in [-0.4, -0.2) is 48.7 Å². The third-order valence-corrected chi connectivity index (χ3v) is 5.41. The first kappa shape index (κ1) is 19.2. The molecule has 2 rings (SSSR count). The third kappa shape index (κ3) is 5.45. The minimum Gasteiger partial charge on any atom is -0.373 e. The number of hydrogen-bond donors (Lipinski definition) is 1. The summed E-state index contributed by atoms with van der Waals surface area (Å²) in [7, 11) is 3.90. The highest BCUT2D eigenvalue weighted by atomic mass is 32.1. The first-order valence-corrected chi connectivity index (χ1v) is 9.93. The Hall–Kier alpha value is -1.14. The molecule has 1 aliphatic carbocycles. The second-order valence-corrected chi connectivity index (χ2v) is 7.77. The first-order valence-electron chi connectivity index (χ1n) is 9.05. The molecule has 0 bridgehead atoms. The monoisotopic (exact) mass is 352 g/mol. The van der Waals surface area contributed by atoms with E-state index in [1.165, 1.54) is 19.3 Å². The molecule has 0 unspecified atom stereocenters. The van der Waals surface area contributed by atoms with Gasteiger partial charge in [0.1, 0.15) is 0 Å². The average molecular weight is 353 g/mol. The zero-order valence-electron chi connectivity index (χ0n) is 15.6. The van der Waals surface area contributed by atoms with Crippen LogP contribution in [-0.2, 0) is 11.3 Å². The highest BCUT2D eigenvalue weighted by molar-refractivity contribution is 7.09. The predicted molar refractivity (Wildman–Crippen MR) is 102 cm³/mol. The van der Waals surface area contributed by atoms with Crippen LogP contribution in [0.1, 0.15) is 56.2 Å². The number of ether oxygens (including phenoxy) is 1. The van der Waals surface area contributed by atoms with Crippen molar-refractivity contribution in [1.29, 1.82) is 0 Å². The number of nitrogens with zero attached hydrogens (tertiary/aromatic N) is 3. The topological polar surface area (TPSA) is 49.8 Å². The molecule has 0 saturated heterocycles. The molecular formula is C18H32N4OS. The van der Waals surface area contributed by atoms with Gasteiger partial charge < -0.3 is 15.0 Å². The molecule has 1 heterocycles. The van der Waals surface area contributed by atoms with E-state index < -0.39 is 0 Å². The predicted octanol–water partition coefficient (Wildman–Crippen LogP) is 3.59. The van der Waals surface area contributed by atoms with E-state index in [0.717, 1.165) is 55.6 Å². The Bertz CT molecular complexity index is 523. The van der Waals surface area contributed by atoms with Gasteiger partial charge in [0.2, 0.25) is 0 Å². The SMILES string of the molecule is CCCOC1(CNC(=NC)N(C)Cc2csc(C)n2)CCCCC1. The lowest BCUT2D eigenvalue weighted by Crippen LogP contribution is -2.50. The molecule has 136 valence electrons. The van der Waals surface area contributed by atoms with Gasteiger partial charge in [0.05, 0.1) is 22.8 Å². The molecule has 24 heavy (non-hydrogen) atoms. The summed E-state index contributed by atoms with van der Waals surface area (Å²) in [5, 5.41) is 6.77. The Morgan fingerprint density at radius 1 is 1.42 bits per heavy atom. The average Bonchev–Trinajstić information content (AvgIpc) is 2.99. The van der Waals surface area contributed by atoms with Crippen LogP contribution in [0.25, 0.3) is 0 Å². The number of aliphatic imine (C=N–C) groups is 1. The molecule has 0 atom stereocenters. The van der Waals surface area contributed by atoms with Crippen LogP contribution < -0.4 is 5.32 Å². The highest BCUT2D eigenvalue weighted by Crippen LogP contribution is 2.31. The molecule has 1 aromatic heterocycles. The standard InChI is InChI=1S/C18H32N4OS/c1-5-11-23-18(9-7-6-8-10-18)14-20-17(19-3)22(4)12-16-13-24-15(2)21-16/h13H,5-12,14H2,1-4H3,(H,19,20). The van der Waals surface area contributed by atoms with E-state index in [2.05, 4.69) is 39.5 Å². The van der Waals surface area contributed by atoms with E-state index in [9.17, 15) is 0 Å². The van der Waals surface area contributed by atoms with Crippen LogP contribution in [0.3, 0.4) is 0 Å². The first-order chi connectivity index (χ1) is 11.6. The zero-order valence-corrected chi connectivity index (χ0v) is 16.4. The molecule has 1 N–H and O–H groups in total. The minimum atomic E-state index is -0.0255. The number of thiazole rings is 1. The van der Waals surface area contributed by atoms with E-state index in [-0.39, 0.29) is 5.60 Å². The lowest BCUT2D eigenvalue weighted by molar-refractivity contribution is -0.0659. The second kappa shape index (κ2) is 9.37. The summed E-state index contributed by atoms with van der Waals surface area (Å²) in [6, 6.07) is 0. The Morgan fingerprint density at radius 3 is 2.75 bits per heavy atom. The molecule has 1 saturated carbocycles. The van der Waals surface area contributed by atoms with E-state index in [0.29, 0.717) is 0 Å². The van der Waals surface area contributed by atoms with E-state index in [1.807, 2.05) is 14.0 Å². The molecule has 1 aromatic rings. The quantitative estimate of drug-likeness (QED) is 0.602. The Labute approximate surface area is 150 Å². The van der Waals surface area contributed by atoms with Gasteiger partial charge >= 0.3 is 0 Å². The van der Waals surface area contributed by atoms with Crippen molar-refractivity contribution in [2.75, 3.05) is 27.2 Å². The maximum Gasteiger partial charge on any atom is 0.193 e. The fourth-order valence-electron chi connectivity index (χ4n) is 3.31. The third-order valence-electron chi connectivity index (χ3n) is 4.58. The lowest BCUT2D eigenvalue weighted by Gasteiger charge is -2.38. The number of guanidine groups is 1. The summed E-state index contributed by atoms with van der Waals surface area (Å²) in [6.07, 6.45) is 7.21. The Balaban J connectivity index is 1.92. The van der Waals surface area contributed by atoms with Crippen molar-refractivity contribution in [3.05, 3.63) is 16.1 Å². The van der Waals surface area contributed by atoms with Gasteiger partial charge in [-0.3, -0.25) is 4.99 Å². The van der Waals surface area contributed by atoms with Crippen LogP contribution >= 0.6 is 11.3 Å². The summed E-state index contributed by atoms with van der Waals surface area (Å²) in [4.78, 5) is 11.1. The lowest BCUT2D eigenvalue weighted by atomic mass is 9.84. The summed E-state index contributed by atoms with van der Waals surface area (Å²) in [5.74, 6) is 0.908. The fraction of sp³-hybridized carbons (Fsp3) is 0.778. The van der Waals surface area contributed by atoms with Crippen molar-refractivity contribution in [1.82, 2.24) is 15.2 Å². The maximum absolute atomic E-state index is 6.27. The Morgan fingerprint density at radius 2 is 2.17 bits per heavy atom. The van der Waals surface area contributed by atoms with E-state index >= 15 is 0 Å². The van der Waals surface area contributed by atoms with Crippen LogP contribution in [0.5, 0.6) is 0 Å². The Kier molecular flexibility index (Phi) is 7.49. The molecule has 5 nitrogen and oxygen atoms in total. The van der Waals surface area contributed by atoms with Crippen molar-refractivity contribution in [2.24, 2.45) is 4.99 Å². The highest BCUT2D eigenvalue weighted by Gasteiger charge is 2.33. The largest absolute Gasteiger partial charge is 0.373 e. The van der Waals surface area contributed by atoms with Gasteiger partial charge in [-0.05, 0) is 26.2 Å². The second-order valence-electron chi connectivity index (χ2n) is 6.71. The van der Waals surface area contributed by atoms with Crippen LogP contribution in [0, 0.1) is 6.92 Å². The van der Waals surface area contributed by atoms with Gasteiger partial charge in [-0.25, -0.2) is 4.98 Å². The molecule has 0 aliphatic heterocycles. The summed E-state index contributed by atoms with van der Waals surface area (Å²) < 4.78 is 6.27.